The average molecular weight is 589 g/mol. The van der Waals surface area contributed by atoms with Crippen molar-refractivity contribution in [1.82, 2.24) is 24.8 Å². The lowest BCUT2D eigenvalue weighted by atomic mass is 9.98. The van der Waals surface area contributed by atoms with Crippen molar-refractivity contribution in [2.45, 2.75) is 31.2 Å². The predicted molar refractivity (Wildman–Crippen MR) is 127 cm³/mol. The number of benzene rings is 1. The Morgan fingerprint density at radius 1 is 1.34 bits per heavy atom. The molecule has 5 atom stereocenters. The third-order valence-electron chi connectivity index (χ3n) is 6.49. The summed E-state index contributed by atoms with van der Waals surface area (Å²) in [7, 11) is 1.52. The Kier molecular flexibility index (Phi) is 5.48. The largest absolute Gasteiger partial charge is 0.389 e. The number of aromatic nitrogens is 4. The first-order valence-corrected chi connectivity index (χ1v) is 11.8. The molecule has 168 valence electrons. The highest BCUT2D eigenvalue weighted by Crippen LogP contribution is 2.67. The normalized spacial score (nSPS) is 28.6. The van der Waals surface area contributed by atoms with Gasteiger partial charge < -0.3 is 25.4 Å². The lowest BCUT2D eigenvalue weighted by Gasteiger charge is -2.23. The third-order valence-corrected chi connectivity index (χ3v) is 7.70. The highest BCUT2D eigenvalue weighted by Gasteiger charge is 2.75. The van der Waals surface area contributed by atoms with Crippen LogP contribution in [0.15, 0.2) is 24.5 Å². The van der Waals surface area contributed by atoms with Gasteiger partial charge in [0.05, 0.1) is 23.9 Å². The van der Waals surface area contributed by atoms with Gasteiger partial charge in [0.15, 0.2) is 17.0 Å². The molecule has 12 heteroatoms. The lowest BCUT2D eigenvalue weighted by molar-refractivity contribution is -0.132. The number of rotatable bonds is 5. The number of hydrogen-bond donors (Lipinski definition) is 4. The molecule has 1 amide bonds. The van der Waals surface area contributed by atoms with E-state index >= 15 is 0 Å². The van der Waals surface area contributed by atoms with Crippen LogP contribution in [0.5, 0.6) is 0 Å². The van der Waals surface area contributed by atoms with E-state index in [1.54, 1.807) is 4.57 Å². The van der Waals surface area contributed by atoms with Crippen molar-refractivity contribution in [2.75, 3.05) is 12.4 Å². The fourth-order valence-electron chi connectivity index (χ4n) is 4.88. The second-order valence-corrected chi connectivity index (χ2v) is 10.1. The monoisotopic (exact) mass is 588 g/mol. The van der Waals surface area contributed by atoms with Crippen molar-refractivity contribution >= 4 is 68.7 Å². The van der Waals surface area contributed by atoms with Gasteiger partial charge in [0, 0.05) is 28.1 Å². The third kappa shape index (κ3) is 3.26. The van der Waals surface area contributed by atoms with Crippen LogP contribution in [0.25, 0.3) is 11.2 Å². The topological polar surface area (TPSA) is 125 Å². The molecule has 2 aliphatic carbocycles. The van der Waals surface area contributed by atoms with Gasteiger partial charge in [-0.15, -0.1) is 0 Å². The molecule has 0 bridgehead atoms. The van der Waals surface area contributed by atoms with Crippen molar-refractivity contribution in [3.63, 3.8) is 0 Å². The number of hydrogen-bond acceptors (Lipinski definition) is 7. The van der Waals surface area contributed by atoms with Crippen LogP contribution in [0.3, 0.4) is 0 Å². The van der Waals surface area contributed by atoms with Crippen molar-refractivity contribution < 1.29 is 15.0 Å². The van der Waals surface area contributed by atoms with Crippen molar-refractivity contribution in [1.29, 1.82) is 0 Å². The number of nitrogens with one attached hydrogen (secondary N) is 2. The van der Waals surface area contributed by atoms with Gasteiger partial charge in [0.2, 0.25) is 11.2 Å². The average Bonchev–Trinajstić information content (AvgIpc) is 3.31. The molecule has 3 aromatic rings. The van der Waals surface area contributed by atoms with Gasteiger partial charge in [-0.2, -0.15) is 9.97 Å². The second-order valence-electron chi connectivity index (χ2n) is 8.11. The minimum absolute atomic E-state index is 0.0110. The number of aliphatic hydroxyl groups excluding tert-OH is 2. The van der Waals surface area contributed by atoms with Gasteiger partial charge in [-0.1, -0.05) is 11.6 Å². The summed E-state index contributed by atoms with van der Waals surface area (Å²) in [6.45, 7) is 0.401. The van der Waals surface area contributed by atoms with E-state index < -0.39 is 23.7 Å². The van der Waals surface area contributed by atoms with Crippen LogP contribution >= 0.6 is 45.8 Å². The number of aliphatic hydroxyl groups is 2. The van der Waals surface area contributed by atoms with Gasteiger partial charge in [-0.3, -0.25) is 4.79 Å². The molecular formula is C20H19Cl2IN6O3. The zero-order valence-electron chi connectivity index (χ0n) is 16.8. The molecule has 4 N–H and O–H groups in total. The number of nitrogens with zero attached hydrogens (tertiary/aromatic N) is 4. The minimum Gasteiger partial charge on any atom is -0.389 e. The Balaban J connectivity index is 1.49. The van der Waals surface area contributed by atoms with Crippen LogP contribution in [0.4, 0.5) is 5.82 Å². The number of fused-ring (bicyclic) bond motifs is 2. The summed E-state index contributed by atoms with van der Waals surface area (Å²) < 4.78 is 2.74. The van der Waals surface area contributed by atoms with Gasteiger partial charge in [-0.05, 0) is 64.4 Å². The smallest absolute Gasteiger partial charge is 0.229 e. The molecule has 0 unspecified atom stereocenters. The molecule has 0 saturated heterocycles. The molecule has 2 aliphatic rings. The zero-order chi connectivity index (χ0) is 22.8. The number of halogens is 3. The Labute approximate surface area is 206 Å². The SMILES string of the molecule is CNC(=O)[C@@]12C[C@@H]1[C@@H](n1cnc3c(NCc4cc(I)ccc4Cl)nc(Cl)nc31)[C@H](O)[C@@H]2O. The van der Waals surface area contributed by atoms with Crippen LogP contribution in [0.2, 0.25) is 10.3 Å². The van der Waals surface area contributed by atoms with E-state index in [0.29, 0.717) is 35.0 Å². The van der Waals surface area contributed by atoms with E-state index in [-0.39, 0.29) is 17.1 Å². The summed E-state index contributed by atoms with van der Waals surface area (Å²) in [6.07, 6.45) is -0.297. The molecular weight excluding hydrogens is 570 g/mol. The first-order chi connectivity index (χ1) is 15.3. The Hall–Kier alpha value is -1.73. The maximum Gasteiger partial charge on any atom is 0.229 e. The highest BCUT2D eigenvalue weighted by atomic mass is 127. The lowest BCUT2D eigenvalue weighted by Crippen LogP contribution is -2.41. The summed E-state index contributed by atoms with van der Waals surface area (Å²) in [5, 5.41) is 27.9. The maximum atomic E-state index is 12.4. The summed E-state index contributed by atoms with van der Waals surface area (Å²) in [5.41, 5.74) is 0.783. The number of imidazole rings is 1. The first kappa shape index (κ1) is 22.1. The van der Waals surface area contributed by atoms with Gasteiger partial charge in [-0.25, -0.2) is 4.98 Å². The molecule has 1 aromatic carbocycles. The van der Waals surface area contributed by atoms with Gasteiger partial charge in [0.1, 0.15) is 6.10 Å². The summed E-state index contributed by atoms with van der Waals surface area (Å²) in [5.74, 6) is -0.0827. The van der Waals surface area contributed by atoms with Crippen molar-refractivity contribution in [3.8, 4) is 0 Å². The molecule has 2 saturated carbocycles. The van der Waals surface area contributed by atoms with Crippen molar-refractivity contribution in [2.24, 2.45) is 11.3 Å². The molecule has 2 fully saturated rings. The molecule has 0 radical (unpaired) electrons. The molecule has 2 heterocycles. The zero-order valence-corrected chi connectivity index (χ0v) is 20.4. The van der Waals surface area contributed by atoms with Crippen LogP contribution in [-0.4, -0.2) is 54.9 Å². The van der Waals surface area contributed by atoms with Crippen LogP contribution in [0, 0.1) is 14.9 Å². The number of anilines is 1. The minimum atomic E-state index is -1.17. The van der Waals surface area contributed by atoms with E-state index in [0.717, 1.165) is 9.13 Å². The van der Waals surface area contributed by atoms with E-state index in [9.17, 15) is 15.0 Å². The van der Waals surface area contributed by atoms with Crippen LogP contribution in [0.1, 0.15) is 18.0 Å². The number of carbonyl (C=O) groups excluding carboxylic acids is 1. The van der Waals surface area contributed by atoms with Gasteiger partial charge in [0.25, 0.3) is 0 Å². The molecule has 5 rings (SSSR count). The molecule has 9 nitrogen and oxygen atoms in total. The van der Waals surface area contributed by atoms with Crippen LogP contribution in [-0.2, 0) is 11.3 Å². The standard InChI is InChI=1S/C20H19Cl2IN6O3/c1-24-18(32)20-5-10(20)13(14(30)15(20)31)29-7-26-12-16(27-19(22)28-17(12)29)25-6-8-4-9(23)2-3-11(8)21/h2-4,7,10,13-15,30-31H,5-6H2,1H3,(H,24,32)(H,25,27,28)/t10-,13-,14+,15+,20+/m1/s1. The fourth-order valence-corrected chi connectivity index (χ4v) is 5.78. The predicted octanol–water partition coefficient (Wildman–Crippen LogP) is 2.38. The molecule has 0 aliphatic heterocycles. The number of carbonyl (C=O) groups is 1. The van der Waals surface area contributed by atoms with E-state index in [1.807, 2.05) is 18.2 Å². The van der Waals surface area contributed by atoms with Crippen LogP contribution < -0.4 is 10.6 Å². The van der Waals surface area contributed by atoms with Gasteiger partial charge >= 0.3 is 0 Å². The Morgan fingerprint density at radius 2 is 2.12 bits per heavy atom. The van der Waals surface area contributed by atoms with E-state index in [1.165, 1.54) is 13.4 Å². The summed E-state index contributed by atoms with van der Waals surface area (Å²) in [6, 6.07) is 5.16. The van der Waals surface area contributed by atoms with E-state index in [2.05, 4.69) is 48.2 Å². The number of amides is 1. The van der Waals surface area contributed by atoms with E-state index in [4.69, 9.17) is 23.2 Å². The van der Waals surface area contributed by atoms with Crippen molar-refractivity contribution in [3.05, 3.63) is 44.0 Å². The Bertz CT molecular complexity index is 1240. The quantitative estimate of drug-likeness (QED) is 0.266. The summed E-state index contributed by atoms with van der Waals surface area (Å²) >= 11 is 14.7. The summed E-state index contributed by atoms with van der Waals surface area (Å²) in [4.78, 5) is 25.5. The highest BCUT2D eigenvalue weighted by molar-refractivity contribution is 14.1. The maximum absolute atomic E-state index is 12.4. The molecule has 0 spiro atoms. The second kappa shape index (κ2) is 7.94. The Morgan fingerprint density at radius 3 is 2.88 bits per heavy atom. The fraction of sp³-hybridized carbons (Fsp3) is 0.400. The first-order valence-electron chi connectivity index (χ1n) is 9.94. The molecule has 2 aromatic heterocycles. The molecule has 32 heavy (non-hydrogen) atoms.